The third kappa shape index (κ3) is 2.29. The van der Waals surface area contributed by atoms with Crippen LogP contribution in [0.25, 0.3) is 0 Å². The van der Waals surface area contributed by atoms with Crippen LogP contribution in [-0.4, -0.2) is 34.0 Å². The van der Waals surface area contributed by atoms with Crippen molar-refractivity contribution in [3.05, 3.63) is 23.8 Å². The van der Waals surface area contributed by atoms with Gasteiger partial charge in [0.25, 0.3) is 0 Å². The number of hydrogen-bond acceptors (Lipinski definition) is 5. The summed E-state index contributed by atoms with van der Waals surface area (Å²) in [5.74, 6) is 0.470. The van der Waals surface area contributed by atoms with Gasteiger partial charge in [0.15, 0.2) is 0 Å². The first-order valence-electron chi connectivity index (χ1n) is 5.96. The van der Waals surface area contributed by atoms with Crippen molar-refractivity contribution in [3.63, 3.8) is 0 Å². The van der Waals surface area contributed by atoms with Gasteiger partial charge in [-0.05, 0) is 24.6 Å². The van der Waals surface area contributed by atoms with Gasteiger partial charge in [-0.1, -0.05) is 0 Å². The van der Waals surface area contributed by atoms with Gasteiger partial charge in [-0.15, -0.1) is 0 Å². The molecule has 0 amide bonds. The zero-order valence-corrected chi connectivity index (χ0v) is 10.8. The molecule has 0 bridgehead atoms. The number of benzene rings is 1. The highest BCUT2D eigenvalue weighted by molar-refractivity contribution is 5.43. The normalized spacial score (nSPS) is 18.4. The van der Waals surface area contributed by atoms with Gasteiger partial charge in [0.05, 0.1) is 39.5 Å². The minimum Gasteiger partial charge on any atom is -0.497 e. The molecule has 1 aliphatic heterocycles. The van der Waals surface area contributed by atoms with E-state index in [1.807, 2.05) is 18.2 Å². The molecule has 2 N–H and O–H groups in total. The Kier molecular flexibility index (Phi) is 4.06. The molecular formula is C13H19NO4. The summed E-state index contributed by atoms with van der Waals surface area (Å²) >= 11 is 0. The van der Waals surface area contributed by atoms with E-state index in [2.05, 4.69) is 0 Å². The Morgan fingerprint density at radius 1 is 1.22 bits per heavy atom. The van der Waals surface area contributed by atoms with E-state index in [1.165, 1.54) is 0 Å². The van der Waals surface area contributed by atoms with Crippen LogP contribution in [-0.2, 0) is 15.3 Å². The average molecular weight is 253 g/mol. The standard InChI is InChI=1S/C13H19NO4/c1-15-10-4-5-12(16-2)11(8-10)13(9-14)17-6-3-7-18-13/h4-5,8H,3,6-7,9,14H2,1-2H3. The van der Waals surface area contributed by atoms with Crippen LogP contribution in [0.4, 0.5) is 0 Å². The molecule has 1 heterocycles. The number of ether oxygens (including phenoxy) is 4. The Balaban J connectivity index is 2.44. The lowest BCUT2D eigenvalue weighted by Gasteiger charge is -2.37. The molecule has 18 heavy (non-hydrogen) atoms. The van der Waals surface area contributed by atoms with Gasteiger partial charge in [-0.25, -0.2) is 0 Å². The molecule has 0 unspecified atom stereocenters. The highest BCUT2D eigenvalue weighted by atomic mass is 16.7. The molecule has 5 nitrogen and oxygen atoms in total. The first kappa shape index (κ1) is 13.1. The van der Waals surface area contributed by atoms with Crippen molar-refractivity contribution in [3.8, 4) is 11.5 Å². The molecule has 1 aromatic carbocycles. The molecule has 0 aromatic heterocycles. The molecule has 0 radical (unpaired) electrons. The van der Waals surface area contributed by atoms with Crippen molar-refractivity contribution in [1.82, 2.24) is 0 Å². The van der Waals surface area contributed by atoms with E-state index in [4.69, 9.17) is 24.7 Å². The summed E-state index contributed by atoms with van der Waals surface area (Å²) in [5.41, 5.74) is 6.61. The van der Waals surface area contributed by atoms with Crippen molar-refractivity contribution >= 4 is 0 Å². The second kappa shape index (κ2) is 5.56. The highest BCUT2D eigenvalue weighted by Gasteiger charge is 2.38. The maximum absolute atomic E-state index is 5.84. The van der Waals surface area contributed by atoms with Gasteiger partial charge >= 0.3 is 0 Å². The zero-order valence-electron chi connectivity index (χ0n) is 10.8. The summed E-state index contributed by atoms with van der Waals surface area (Å²) in [6.45, 7) is 1.48. The molecule has 1 saturated heterocycles. The summed E-state index contributed by atoms with van der Waals surface area (Å²) in [4.78, 5) is 0. The van der Waals surface area contributed by atoms with Gasteiger partial charge in [0.1, 0.15) is 11.5 Å². The van der Waals surface area contributed by atoms with Crippen LogP contribution in [0, 0.1) is 0 Å². The maximum Gasteiger partial charge on any atom is 0.211 e. The minimum atomic E-state index is -0.932. The van der Waals surface area contributed by atoms with Gasteiger partial charge in [0.2, 0.25) is 5.79 Å². The van der Waals surface area contributed by atoms with Gasteiger partial charge in [0, 0.05) is 0 Å². The zero-order chi connectivity index (χ0) is 13.0. The second-order valence-electron chi connectivity index (χ2n) is 4.07. The summed E-state index contributed by atoms with van der Waals surface area (Å²) in [5, 5.41) is 0. The molecule has 100 valence electrons. The van der Waals surface area contributed by atoms with Crippen molar-refractivity contribution < 1.29 is 18.9 Å². The van der Waals surface area contributed by atoms with Crippen LogP contribution < -0.4 is 15.2 Å². The molecule has 1 aromatic rings. The first-order chi connectivity index (χ1) is 8.75. The summed E-state index contributed by atoms with van der Waals surface area (Å²) in [6, 6.07) is 5.50. The Labute approximate surface area is 107 Å². The molecule has 5 heteroatoms. The van der Waals surface area contributed by atoms with Crippen LogP contribution in [0.15, 0.2) is 18.2 Å². The molecule has 0 spiro atoms. The predicted molar refractivity (Wildman–Crippen MR) is 66.8 cm³/mol. The monoisotopic (exact) mass is 253 g/mol. The van der Waals surface area contributed by atoms with Crippen molar-refractivity contribution in [2.75, 3.05) is 34.0 Å². The second-order valence-corrected chi connectivity index (χ2v) is 4.07. The smallest absolute Gasteiger partial charge is 0.211 e. The van der Waals surface area contributed by atoms with Crippen molar-refractivity contribution in [1.29, 1.82) is 0 Å². The van der Waals surface area contributed by atoms with Gasteiger partial charge < -0.3 is 24.7 Å². The molecular weight excluding hydrogens is 234 g/mol. The van der Waals surface area contributed by atoms with Crippen LogP contribution >= 0.6 is 0 Å². The fourth-order valence-electron chi connectivity index (χ4n) is 2.07. The largest absolute Gasteiger partial charge is 0.497 e. The van der Waals surface area contributed by atoms with Crippen LogP contribution in [0.1, 0.15) is 12.0 Å². The van der Waals surface area contributed by atoms with Crippen molar-refractivity contribution in [2.45, 2.75) is 12.2 Å². The molecule has 2 rings (SSSR count). The lowest BCUT2D eigenvalue weighted by molar-refractivity contribution is -0.270. The number of rotatable bonds is 4. The van der Waals surface area contributed by atoms with E-state index in [-0.39, 0.29) is 6.54 Å². The molecule has 0 aliphatic carbocycles. The van der Waals surface area contributed by atoms with E-state index < -0.39 is 5.79 Å². The fourth-order valence-corrected chi connectivity index (χ4v) is 2.07. The Morgan fingerprint density at radius 2 is 1.94 bits per heavy atom. The lowest BCUT2D eigenvalue weighted by Crippen LogP contribution is -2.44. The van der Waals surface area contributed by atoms with E-state index >= 15 is 0 Å². The molecule has 0 atom stereocenters. The number of hydrogen-bond donors (Lipinski definition) is 1. The van der Waals surface area contributed by atoms with E-state index in [0.717, 1.165) is 17.7 Å². The van der Waals surface area contributed by atoms with Gasteiger partial charge in [-0.2, -0.15) is 0 Å². The third-order valence-electron chi connectivity index (χ3n) is 3.04. The number of methoxy groups -OCH3 is 2. The highest BCUT2D eigenvalue weighted by Crippen LogP contribution is 2.38. The van der Waals surface area contributed by atoms with E-state index in [9.17, 15) is 0 Å². The summed E-state index contributed by atoms with van der Waals surface area (Å²) in [7, 11) is 3.22. The van der Waals surface area contributed by atoms with Crippen molar-refractivity contribution in [2.24, 2.45) is 5.73 Å². The Morgan fingerprint density at radius 3 is 2.50 bits per heavy atom. The van der Waals surface area contributed by atoms with Crippen LogP contribution in [0.5, 0.6) is 11.5 Å². The van der Waals surface area contributed by atoms with E-state index in [1.54, 1.807) is 14.2 Å². The molecule has 1 fully saturated rings. The third-order valence-corrected chi connectivity index (χ3v) is 3.04. The maximum atomic E-state index is 5.84. The quantitative estimate of drug-likeness (QED) is 0.875. The first-order valence-corrected chi connectivity index (χ1v) is 5.96. The molecule has 1 aliphatic rings. The van der Waals surface area contributed by atoms with Crippen LogP contribution in [0.2, 0.25) is 0 Å². The van der Waals surface area contributed by atoms with Gasteiger partial charge in [-0.3, -0.25) is 0 Å². The average Bonchev–Trinajstić information content (AvgIpc) is 2.47. The fraction of sp³-hybridized carbons (Fsp3) is 0.538. The Hall–Kier alpha value is -1.30. The summed E-state index contributed by atoms with van der Waals surface area (Å²) < 4.78 is 22.1. The van der Waals surface area contributed by atoms with Crippen LogP contribution in [0.3, 0.4) is 0 Å². The molecule has 0 saturated carbocycles. The Bertz CT molecular complexity index is 402. The SMILES string of the molecule is COc1ccc(OC)c(C2(CN)OCCCO2)c1. The lowest BCUT2D eigenvalue weighted by atomic mass is 10.0. The predicted octanol–water partition coefficient (Wildman–Crippen LogP) is 1.25. The van der Waals surface area contributed by atoms with E-state index in [0.29, 0.717) is 19.0 Å². The minimum absolute atomic E-state index is 0.233. The number of nitrogens with two attached hydrogens (primary N) is 1. The topological polar surface area (TPSA) is 62.9 Å². The summed E-state index contributed by atoms with van der Waals surface area (Å²) in [6.07, 6.45) is 0.869.